The lowest BCUT2D eigenvalue weighted by molar-refractivity contribution is -0.126. The number of amides is 2. The number of nitrogens with two attached hydrogens (primary N) is 2. The van der Waals surface area contributed by atoms with Gasteiger partial charge in [0, 0.05) is 24.2 Å². The predicted molar refractivity (Wildman–Crippen MR) is 76.8 cm³/mol. The molecule has 7 heteroatoms. The van der Waals surface area contributed by atoms with Gasteiger partial charge in [0.05, 0.1) is 5.41 Å². The molecule has 5 N–H and O–H groups in total. The second-order valence-corrected chi connectivity index (χ2v) is 5.47. The van der Waals surface area contributed by atoms with Gasteiger partial charge in [-0.2, -0.15) is 0 Å². The van der Waals surface area contributed by atoms with Crippen LogP contribution >= 0.6 is 0 Å². The average Bonchev–Trinajstić information content (AvgIpc) is 2.89. The summed E-state index contributed by atoms with van der Waals surface area (Å²) < 4.78 is 0. The molecule has 1 unspecified atom stereocenters. The monoisotopic (exact) mass is 290 g/mol. The number of hydrogen-bond acceptors (Lipinski definition) is 4. The van der Waals surface area contributed by atoms with E-state index in [1.165, 1.54) is 0 Å². The molecule has 0 bridgehead atoms. The lowest BCUT2D eigenvalue weighted by Crippen LogP contribution is -2.38. The average molecular weight is 290 g/mol. The summed E-state index contributed by atoms with van der Waals surface area (Å²) in [5.41, 5.74) is 11.1. The van der Waals surface area contributed by atoms with Crippen LogP contribution in [0.1, 0.15) is 29.3 Å². The van der Waals surface area contributed by atoms with Crippen LogP contribution in [0.4, 0.5) is 0 Å². The second-order valence-electron chi connectivity index (χ2n) is 5.47. The van der Waals surface area contributed by atoms with E-state index in [1.54, 1.807) is 36.1 Å². The Morgan fingerprint density at radius 1 is 1.33 bits per heavy atom. The smallest absolute Gasteiger partial charge is 0.253 e. The van der Waals surface area contributed by atoms with Crippen LogP contribution in [0.5, 0.6) is 0 Å². The lowest BCUT2D eigenvalue weighted by Gasteiger charge is -2.21. The first-order valence-corrected chi connectivity index (χ1v) is 6.54. The van der Waals surface area contributed by atoms with Gasteiger partial charge in [-0.25, -0.2) is 0 Å². The highest BCUT2D eigenvalue weighted by atomic mass is 16.4. The quantitative estimate of drug-likeness (QED) is 0.316. The molecule has 1 fully saturated rings. The van der Waals surface area contributed by atoms with Gasteiger partial charge in [-0.3, -0.25) is 9.59 Å². The number of hydrogen-bond donors (Lipinski definition) is 3. The highest BCUT2D eigenvalue weighted by Crippen LogP contribution is 2.30. The molecule has 1 atom stereocenters. The van der Waals surface area contributed by atoms with Crippen molar-refractivity contribution in [3.05, 3.63) is 35.4 Å². The third-order valence-corrected chi connectivity index (χ3v) is 3.87. The number of likely N-dealkylation sites (tertiary alicyclic amines) is 1. The van der Waals surface area contributed by atoms with Gasteiger partial charge < -0.3 is 21.6 Å². The summed E-state index contributed by atoms with van der Waals surface area (Å²) in [6.07, 6.45) is 0.550. The van der Waals surface area contributed by atoms with Crippen LogP contribution in [0, 0.1) is 5.41 Å². The number of carbonyl (C=O) groups excluding carboxylic acids is 2. The van der Waals surface area contributed by atoms with Gasteiger partial charge in [-0.15, -0.1) is 0 Å². The zero-order chi connectivity index (χ0) is 15.6. The zero-order valence-corrected chi connectivity index (χ0v) is 11.7. The van der Waals surface area contributed by atoms with Gasteiger partial charge in [0.25, 0.3) is 5.91 Å². The first-order valence-electron chi connectivity index (χ1n) is 6.54. The number of oxime groups is 1. The Hall–Kier alpha value is -2.57. The van der Waals surface area contributed by atoms with E-state index in [-0.39, 0.29) is 11.7 Å². The van der Waals surface area contributed by atoms with Crippen molar-refractivity contribution in [1.82, 2.24) is 4.90 Å². The van der Waals surface area contributed by atoms with Gasteiger partial charge >= 0.3 is 0 Å². The van der Waals surface area contributed by atoms with Crippen LogP contribution in [-0.2, 0) is 4.79 Å². The highest BCUT2D eigenvalue weighted by Gasteiger charge is 2.40. The normalized spacial score (nSPS) is 22.3. The van der Waals surface area contributed by atoms with Crippen molar-refractivity contribution in [2.24, 2.45) is 22.0 Å². The van der Waals surface area contributed by atoms with Gasteiger partial charge in [0.15, 0.2) is 5.84 Å². The van der Waals surface area contributed by atoms with E-state index in [1.807, 2.05) is 0 Å². The fourth-order valence-corrected chi connectivity index (χ4v) is 2.39. The SMILES string of the molecule is CC1(C(N)=O)CCN(C(=O)c2cccc(/C(N)=N/O)c2)C1. The number of carbonyl (C=O) groups is 2. The predicted octanol–water partition coefficient (Wildman–Crippen LogP) is 0.119. The number of rotatable bonds is 3. The number of primary amides is 1. The summed E-state index contributed by atoms with van der Waals surface area (Å²) in [7, 11) is 0. The molecule has 1 aromatic rings. The molecule has 1 aromatic carbocycles. The molecule has 0 radical (unpaired) electrons. The van der Waals surface area contributed by atoms with Crippen molar-refractivity contribution < 1.29 is 14.8 Å². The lowest BCUT2D eigenvalue weighted by atomic mass is 9.89. The third-order valence-electron chi connectivity index (χ3n) is 3.87. The molecule has 1 saturated heterocycles. The summed E-state index contributed by atoms with van der Waals surface area (Å²) in [5.74, 6) is -0.663. The number of amidine groups is 1. The van der Waals surface area contributed by atoms with Crippen LogP contribution in [-0.4, -0.2) is 40.8 Å². The van der Waals surface area contributed by atoms with E-state index in [4.69, 9.17) is 16.7 Å². The standard InChI is InChI=1S/C14H18N4O3/c1-14(13(16)20)5-6-18(8-14)12(19)10-4-2-3-9(7-10)11(15)17-21/h2-4,7,21H,5-6,8H2,1H3,(H2,15,17)(H2,16,20). The Morgan fingerprint density at radius 3 is 2.57 bits per heavy atom. The van der Waals surface area contributed by atoms with Crippen LogP contribution in [0.15, 0.2) is 29.4 Å². The fourth-order valence-electron chi connectivity index (χ4n) is 2.39. The van der Waals surface area contributed by atoms with Crippen LogP contribution in [0.25, 0.3) is 0 Å². The molecule has 0 aromatic heterocycles. The minimum atomic E-state index is -0.682. The molecular formula is C14H18N4O3. The first-order chi connectivity index (χ1) is 9.87. The van der Waals surface area contributed by atoms with E-state index in [2.05, 4.69) is 5.16 Å². The summed E-state index contributed by atoms with van der Waals surface area (Å²) in [5, 5.41) is 11.6. The van der Waals surface area contributed by atoms with Crippen molar-refractivity contribution in [2.75, 3.05) is 13.1 Å². The second kappa shape index (κ2) is 5.43. The molecule has 7 nitrogen and oxygen atoms in total. The van der Waals surface area contributed by atoms with E-state index in [9.17, 15) is 9.59 Å². The number of benzene rings is 1. The summed E-state index contributed by atoms with van der Waals surface area (Å²) >= 11 is 0. The topological polar surface area (TPSA) is 122 Å². The van der Waals surface area contributed by atoms with Gasteiger partial charge in [-0.1, -0.05) is 17.3 Å². The Bertz CT molecular complexity index is 614. The minimum Gasteiger partial charge on any atom is -0.409 e. The molecule has 0 spiro atoms. The van der Waals surface area contributed by atoms with Crippen molar-refractivity contribution in [3.63, 3.8) is 0 Å². The van der Waals surface area contributed by atoms with Gasteiger partial charge in [-0.05, 0) is 25.5 Å². The zero-order valence-electron chi connectivity index (χ0n) is 11.7. The molecular weight excluding hydrogens is 272 g/mol. The van der Waals surface area contributed by atoms with Crippen LogP contribution in [0.3, 0.4) is 0 Å². The Labute approximate surface area is 122 Å². The van der Waals surface area contributed by atoms with Crippen molar-refractivity contribution in [2.45, 2.75) is 13.3 Å². The molecule has 0 saturated carbocycles. The molecule has 1 heterocycles. The van der Waals surface area contributed by atoms with Crippen molar-refractivity contribution in [3.8, 4) is 0 Å². The van der Waals surface area contributed by atoms with E-state index in [0.717, 1.165) is 0 Å². The third kappa shape index (κ3) is 2.81. The number of nitrogens with zero attached hydrogens (tertiary/aromatic N) is 2. The first kappa shape index (κ1) is 14.8. The van der Waals surface area contributed by atoms with E-state index >= 15 is 0 Å². The highest BCUT2D eigenvalue weighted by molar-refractivity contribution is 6.01. The van der Waals surface area contributed by atoms with E-state index < -0.39 is 11.3 Å². The Morgan fingerprint density at radius 2 is 2.00 bits per heavy atom. The van der Waals surface area contributed by atoms with Gasteiger partial charge in [0.1, 0.15) is 0 Å². The maximum atomic E-state index is 12.5. The van der Waals surface area contributed by atoms with Gasteiger partial charge in [0.2, 0.25) is 5.91 Å². The summed E-state index contributed by atoms with van der Waals surface area (Å²) in [6, 6.07) is 6.50. The van der Waals surface area contributed by atoms with E-state index in [0.29, 0.717) is 30.6 Å². The molecule has 21 heavy (non-hydrogen) atoms. The minimum absolute atomic E-state index is 0.0620. The molecule has 112 valence electrons. The van der Waals surface area contributed by atoms with Crippen LogP contribution < -0.4 is 11.5 Å². The van der Waals surface area contributed by atoms with Crippen molar-refractivity contribution in [1.29, 1.82) is 0 Å². The Kier molecular flexibility index (Phi) is 3.84. The fraction of sp³-hybridized carbons (Fsp3) is 0.357. The molecule has 1 aliphatic heterocycles. The van der Waals surface area contributed by atoms with Crippen LogP contribution in [0.2, 0.25) is 0 Å². The molecule has 2 amide bonds. The largest absolute Gasteiger partial charge is 0.409 e. The maximum absolute atomic E-state index is 12.5. The molecule has 0 aliphatic carbocycles. The molecule has 1 aliphatic rings. The summed E-state index contributed by atoms with van der Waals surface area (Å²) in [4.78, 5) is 25.5. The molecule has 2 rings (SSSR count). The maximum Gasteiger partial charge on any atom is 0.253 e. The Balaban J connectivity index is 2.20. The van der Waals surface area contributed by atoms with Crippen molar-refractivity contribution >= 4 is 17.6 Å². The summed E-state index contributed by atoms with van der Waals surface area (Å²) in [6.45, 7) is 2.54.